The van der Waals surface area contributed by atoms with E-state index in [-0.39, 0.29) is 17.7 Å². The zero-order chi connectivity index (χ0) is 20.9. The first kappa shape index (κ1) is 22.9. The molecular weight excluding hydrogens is 349 g/mol. The highest BCUT2D eigenvalue weighted by Crippen LogP contribution is 2.32. The number of rotatable bonds is 6. The Morgan fingerprint density at radius 2 is 1.70 bits per heavy atom. The highest BCUT2D eigenvalue weighted by atomic mass is 19.1. The van der Waals surface area contributed by atoms with Crippen molar-refractivity contribution in [2.45, 2.75) is 79.1 Å². The number of esters is 1. The van der Waals surface area contributed by atoms with Gasteiger partial charge in [-0.25, -0.2) is 14.0 Å². The van der Waals surface area contributed by atoms with Crippen LogP contribution in [0.4, 0.5) is 9.18 Å². The molecule has 1 N–H and O–H groups in total. The van der Waals surface area contributed by atoms with Crippen molar-refractivity contribution in [3.8, 4) is 0 Å². The summed E-state index contributed by atoms with van der Waals surface area (Å²) in [6.45, 7) is 14.5. The van der Waals surface area contributed by atoms with Crippen LogP contribution in [-0.4, -0.2) is 29.8 Å². The van der Waals surface area contributed by atoms with Crippen molar-refractivity contribution < 1.29 is 23.5 Å². The van der Waals surface area contributed by atoms with Crippen molar-refractivity contribution in [1.82, 2.24) is 5.32 Å². The lowest BCUT2D eigenvalue weighted by Crippen LogP contribution is -2.43. The summed E-state index contributed by atoms with van der Waals surface area (Å²) in [5.41, 5.74) is 1.11. The van der Waals surface area contributed by atoms with E-state index in [1.165, 1.54) is 12.1 Å². The smallest absolute Gasteiger partial charge is 0.408 e. The topological polar surface area (TPSA) is 64.6 Å². The molecule has 1 amide bonds. The van der Waals surface area contributed by atoms with Gasteiger partial charge in [-0.2, -0.15) is 0 Å². The van der Waals surface area contributed by atoms with Gasteiger partial charge < -0.3 is 14.8 Å². The molecule has 6 heteroatoms. The Hall–Kier alpha value is -2.11. The average molecular weight is 381 g/mol. The summed E-state index contributed by atoms with van der Waals surface area (Å²) in [6.07, 6.45) is -1.11. The van der Waals surface area contributed by atoms with Crippen LogP contribution in [0.1, 0.15) is 65.5 Å². The number of aryl methyl sites for hydroxylation is 1. The SMILES string of the molecule is Cc1cc(F)ccc1[C@H](C(C)C)[C@H](C)OC(=O)[C@H](C)NC(=O)OC(C)(C)C. The molecule has 5 nitrogen and oxygen atoms in total. The third kappa shape index (κ3) is 7.19. The predicted molar refractivity (Wildman–Crippen MR) is 103 cm³/mol. The van der Waals surface area contributed by atoms with Crippen LogP contribution in [0.3, 0.4) is 0 Å². The van der Waals surface area contributed by atoms with Gasteiger partial charge in [0.15, 0.2) is 0 Å². The van der Waals surface area contributed by atoms with Gasteiger partial charge in [-0.05, 0) is 70.7 Å². The minimum Gasteiger partial charge on any atom is -0.460 e. The summed E-state index contributed by atoms with van der Waals surface area (Å²) < 4.78 is 24.2. The van der Waals surface area contributed by atoms with Crippen LogP contribution >= 0.6 is 0 Å². The lowest BCUT2D eigenvalue weighted by Gasteiger charge is -2.30. The maximum Gasteiger partial charge on any atom is 0.408 e. The number of halogens is 1. The summed E-state index contributed by atoms with van der Waals surface area (Å²) >= 11 is 0. The summed E-state index contributed by atoms with van der Waals surface area (Å²) in [7, 11) is 0. The molecule has 1 rings (SSSR count). The van der Waals surface area contributed by atoms with E-state index in [2.05, 4.69) is 5.32 Å². The quantitative estimate of drug-likeness (QED) is 0.724. The molecule has 152 valence electrons. The molecule has 0 saturated carbocycles. The fourth-order valence-electron chi connectivity index (χ4n) is 3.07. The number of hydrogen-bond donors (Lipinski definition) is 1. The van der Waals surface area contributed by atoms with E-state index >= 15 is 0 Å². The van der Waals surface area contributed by atoms with Gasteiger partial charge in [0.25, 0.3) is 0 Å². The highest BCUT2D eigenvalue weighted by Gasteiger charge is 2.29. The number of alkyl carbamates (subject to hydrolysis) is 1. The van der Waals surface area contributed by atoms with E-state index in [1.807, 2.05) is 27.7 Å². The Morgan fingerprint density at radius 3 is 2.19 bits per heavy atom. The van der Waals surface area contributed by atoms with Crippen molar-refractivity contribution in [2.75, 3.05) is 0 Å². The molecule has 0 aliphatic rings. The van der Waals surface area contributed by atoms with Crippen molar-refractivity contribution in [1.29, 1.82) is 0 Å². The third-order valence-corrected chi connectivity index (χ3v) is 4.20. The van der Waals surface area contributed by atoms with Crippen LogP contribution in [0.25, 0.3) is 0 Å². The summed E-state index contributed by atoms with van der Waals surface area (Å²) in [5.74, 6) is -0.758. The van der Waals surface area contributed by atoms with Crippen LogP contribution in [0.2, 0.25) is 0 Å². The molecule has 0 bridgehead atoms. The van der Waals surface area contributed by atoms with Gasteiger partial charge >= 0.3 is 12.1 Å². The molecule has 0 radical (unpaired) electrons. The van der Waals surface area contributed by atoms with Gasteiger partial charge in [0, 0.05) is 5.92 Å². The van der Waals surface area contributed by atoms with E-state index in [1.54, 1.807) is 33.8 Å². The largest absolute Gasteiger partial charge is 0.460 e. The maximum absolute atomic E-state index is 13.4. The second kappa shape index (κ2) is 9.20. The van der Waals surface area contributed by atoms with Gasteiger partial charge in [0.1, 0.15) is 23.6 Å². The second-order valence-electron chi connectivity index (χ2n) is 8.28. The Bertz CT molecular complexity index is 667. The molecule has 0 fully saturated rings. The molecule has 3 atom stereocenters. The number of carbonyl (C=O) groups is 2. The summed E-state index contributed by atoms with van der Waals surface area (Å²) in [4.78, 5) is 24.2. The fourth-order valence-corrected chi connectivity index (χ4v) is 3.07. The van der Waals surface area contributed by atoms with E-state index in [0.717, 1.165) is 11.1 Å². The van der Waals surface area contributed by atoms with Gasteiger partial charge in [-0.3, -0.25) is 0 Å². The minimum atomic E-state index is -0.843. The molecule has 0 aliphatic heterocycles. The van der Waals surface area contributed by atoms with E-state index in [9.17, 15) is 14.0 Å². The first-order valence-electron chi connectivity index (χ1n) is 9.28. The Morgan fingerprint density at radius 1 is 1.11 bits per heavy atom. The van der Waals surface area contributed by atoms with E-state index < -0.39 is 29.8 Å². The monoisotopic (exact) mass is 381 g/mol. The fraction of sp³-hybridized carbons (Fsp3) is 0.619. The molecule has 1 aromatic rings. The molecule has 0 aromatic heterocycles. The van der Waals surface area contributed by atoms with Crippen LogP contribution in [0, 0.1) is 18.7 Å². The summed E-state index contributed by atoms with van der Waals surface area (Å²) in [5, 5.41) is 2.48. The molecule has 0 aliphatic carbocycles. The zero-order valence-corrected chi connectivity index (χ0v) is 17.6. The van der Waals surface area contributed by atoms with Crippen molar-refractivity contribution in [2.24, 2.45) is 5.92 Å². The number of carbonyl (C=O) groups excluding carboxylic acids is 2. The standard InChI is InChI=1S/C21H32FNO4/c1-12(2)18(17-10-9-16(22)11-13(17)3)15(5)26-19(24)14(4)23-20(25)27-21(6,7)8/h9-12,14-15,18H,1-8H3,(H,23,25)/t14-,15-,18+/m0/s1. The van der Waals surface area contributed by atoms with Crippen molar-refractivity contribution >= 4 is 12.1 Å². The molecular formula is C21H32FNO4. The van der Waals surface area contributed by atoms with Crippen LogP contribution in [-0.2, 0) is 14.3 Å². The molecule has 1 aromatic carbocycles. The number of nitrogens with one attached hydrogen (secondary N) is 1. The Kier molecular flexibility index (Phi) is 7.81. The number of benzene rings is 1. The first-order valence-corrected chi connectivity index (χ1v) is 9.28. The Balaban J connectivity index is 2.82. The van der Waals surface area contributed by atoms with Crippen molar-refractivity contribution in [3.05, 3.63) is 35.1 Å². The lowest BCUT2D eigenvalue weighted by molar-refractivity contribution is -0.152. The van der Waals surface area contributed by atoms with E-state index in [0.29, 0.717) is 0 Å². The zero-order valence-electron chi connectivity index (χ0n) is 17.6. The van der Waals surface area contributed by atoms with Gasteiger partial charge in [-0.15, -0.1) is 0 Å². The van der Waals surface area contributed by atoms with Crippen LogP contribution in [0.15, 0.2) is 18.2 Å². The third-order valence-electron chi connectivity index (χ3n) is 4.20. The van der Waals surface area contributed by atoms with Crippen molar-refractivity contribution in [3.63, 3.8) is 0 Å². The molecule has 0 spiro atoms. The average Bonchev–Trinajstić information content (AvgIpc) is 2.47. The molecule has 0 saturated heterocycles. The molecule has 0 heterocycles. The molecule has 27 heavy (non-hydrogen) atoms. The summed E-state index contributed by atoms with van der Waals surface area (Å²) in [6, 6.07) is 3.79. The number of ether oxygens (including phenoxy) is 2. The maximum atomic E-state index is 13.4. The van der Waals surface area contributed by atoms with Gasteiger partial charge in [-0.1, -0.05) is 19.9 Å². The Labute approximate surface area is 161 Å². The second-order valence-corrected chi connectivity index (χ2v) is 8.28. The lowest BCUT2D eigenvalue weighted by atomic mass is 9.82. The van der Waals surface area contributed by atoms with E-state index in [4.69, 9.17) is 9.47 Å². The first-order chi connectivity index (χ1) is 12.3. The highest BCUT2D eigenvalue weighted by molar-refractivity contribution is 5.81. The van der Waals surface area contributed by atoms with Crippen LogP contribution in [0.5, 0.6) is 0 Å². The van der Waals surface area contributed by atoms with Gasteiger partial charge in [0.2, 0.25) is 0 Å². The predicted octanol–water partition coefficient (Wildman–Crippen LogP) is 4.72. The van der Waals surface area contributed by atoms with Gasteiger partial charge in [0.05, 0.1) is 0 Å². The minimum absolute atomic E-state index is 0.0942. The molecule has 0 unspecified atom stereocenters. The number of hydrogen-bond acceptors (Lipinski definition) is 4. The van der Waals surface area contributed by atoms with Crippen LogP contribution < -0.4 is 5.32 Å². The number of amides is 1. The normalized spacial score (nSPS) is 15.0.